The van der Waals surface area contributed by atoms with Crippen molar-refractivity contribution < 1.29 is 0 Å². The van der Waals surface area contributed by atoms with Gasteiger partial charge >= 0.3 is 0 Å². The molecule has 3 aromatic rings. The Balaban J connectivity index is 1.69. The van der Waals surface area contributed by atoms with E-state index >= 15 is 0 Å². The maximum absolute atomic E-state index is 4.27. The predicted octanol–water partition coefficient (Wildman–Crippen LogP) is 2.75. The zero-order valence-corrected chi connectivity index (χ0v) is 10.6. The molecule has 0 aromatic carbocycles. The van der Waals surface area contributed by atoms with E-state index in [1.807, 2.05) is 36.4 Å². The molecule has 0 fully saturated rings. The molecule has 0 aliphatic heterocycles. The molecule has 3 aromatic heterocycles. The van der Waals surface area contributed by atoms with Gasteiger partial charge in [0, 0.05) is 12.4 Å². The van der Waals surface area contributed by atoms with Gasteiger partial charge in [0.05, 0.1) is 12.4 Å². The Morgan fingerprint density at radius 2 is 1.05 bits per heavy atom. The molecule has 0 amide bonds. The fourth-order valence-corrected chi connectivity index (χ4v) is 1.59. The number of nitrogens with one attached hydrogen (secondary N) is 2. The zero-order chi connectivity index (χ0) is 13.6. The first-order chi connectivity index (χ1) is 9.90. The standard InChI is InChI=1S/C14H12N6/c1-3-7-15-11(5-1)19-13-9-18-14(10-17-13)20-12-6-2-4-8-16-12/h1-10H,(H,15,17,19)(H,16,18,20). The van der Waals surface area contributed by atoms with Crippen LogP contribution >= 0.6 is 0 Å². The van der Waals surface area contributed by atoms with Crippen LogP contribution in [0.2, 0.25) is 0 Å². The van der Waals surface area contributed by atoms with E-state index in [1.54, 1.807) is 24.8 Å². The van der Waals surface area contributed by atoms with Gasteiger partial charge in [0.1, 0.15) is 23.3 Å². The monoisotopic (exact) mass is 264 g/mol. The summed E-state index contributed by atoms with van der Waals surface area (Å²) in [7, 11) is 0. The number of pyridine rings is 2. The predicted molar refractivity (Wildman–Crippen MR) is 77.1 cm³/mol. The van der Waals surface area contributed by atoms with Gasteiger partial charge in [0.25, 0.3) is 0 Å². The lowest BCUT2D eigenvalue weighted by Gasteiger charge is -2.06. The van der Waals surface area contributed by atoms with E-state index in [-0.39, 0.29) is 0 Å². The number of hydrogen-bond donors (Lipinski definition) is 2. The van der Waals surface area contributed by atoms with Gasteiger partial charge in [-0.3, -0.25) is 0 Å². The molecular formula is C14H12N6. The lowest BCUT2D eigenvalue weighted by molar-refractivity contribution is 1.17. The second kappa shape index (κ2) is 5.75. The van der Waals surface area contributed by atoms with Gasteiger partial charge in [-0.25, -0.2) is 19.9 Å². The Bertz CT molecular complexity index is 594. The van der Waals surface area contributed by atoms with Crippen LogP contribution < -0.4 is 10.6 Å². The van der Waals surface area contributed by atoms with Gasteiger partial charge in [-0.1, -0.05) is 12.1 Å². The zero-order valence-electron chi connectivity index (χ0n) is 10.6. The molecule has 0 atom stereocenters. The highest BCUT2D eigenvalue weighted by Gasteiger charge is 1.99. The summed E-state index contributed by atoms with van der Waals surface area (Å²) < 4.78 is 0. The van der Waals surface area contributed by atoms with Crippen LogP contribution in [0.3, 0.4) is 0 Å². The van der Waals surface area contributed by atoms with Crippen molar-refractivity contribution >= 4 is 23.3 Å². The van der Waals surface area contributed by atoms with Crippen molar-refractivity contribution in [2.75, 3.05) is 10.6 Å². The molecule has 0 aliphatic carbocycles. The summed E-state index contributed by atoms with van der Waals surface area (Å²) in [6, 6.07) is 11.2. The molecule has 20 heavy (non-hydrogen) atoms. The third kappa shape index (κ3) is 3.05. The summed E-state index contributed by atoms with van der Waals surface area (Å²) in [4.78, 5) is 16.9. The summed E-state index contributed by atoms with van der Waals surface area (Å²) in [5.74, 6) is 2.73. The van der Waals surface area contributed by atoms with Crippen molar-refractivity contribution in [3.8, 4) is 0 Å². The van der Waals surface area contributed by atoms with E-state index in [0.717, 1.165) is 11.6 Å². The van der Waals surface area contributed by atoms with Crippen molar-refractivity contribution in [1.29, 1.82) is 0 Å². The normalized spacial score (nSPS) is 10.0. The molecular weight excluding hydrogens is 252 g/mol. The molecule has 0 aliphatic rings. The highest BCUT2D eigenvalue weighted by molar-refractivity contribution is 5.54. The van der Waals surface area contributed by atoms with Crippen LogP contribution in [0, 0.1) is 0 Å². The Labute approximate surface area is 116 Å². The number of aromatic nitrogens is 4. The fraction of sp³-hybridized carbons (Fsp3) is 0. The Hall–Kier alpha value is -3.02. The summed E-state index contributed by atoms with van der Waals surface area (Å²) in [5, 5.41) is 6.13. The lowest BCUT2D eigenvalue weighted by atomic mass is 10.4. The number of nitrogens with zero attached hydrogens (tertiary/aromatic N) is 4. The van der Waals surface area contributed by atoms with Crippen molar-refractivity contribution in [3.05, 3.63) is 61.2 Å². The van der Waals surface area contributed by atoms with E-state index in [9.17, 15) is 0 Å². The summed E-state index contributed by atoms with van der Waals surface area (Å²) in [6.45, 7) is 0. The highest BCUT2D eigenvalue weighted by atomic mass is 15.1. The minimum absolute atomic E-state index is 0.635. The quantitative estimate of drug-likeness (QED) is 0.754. The van der Waals surface area contributed by atoms with E-state index in [4.69, 9.17) is 0 Å². The van der Waals surface area contributed by atoms with Crippen LogP contribution in [-0.4, -0.2) is 19.9 Å². The first kappa shape index (κ1) is 12.0. The van der Waals surface area contributed by atoms with Gasteiger partial charge in [0.2, 0.25) is 0 Å². The van der Waals surface area contributed by atoms with Gasteiger partial charge < -0.3 is 10.6 Å². The number of anilines is 4. The Morgan fingerprint density at radius 1 is 0.550 bits per heavy atom. The molecule has 2 N–H and O–H groups in total. The van der Waals surface area contributed by atoms with E-state index < -0.39 is 0 Å². The topological polar surface area (TPSA) is 75.6 Å². The largest absolute Gasteiger partial charge is 0.324 e. The summed E-state index contributed by atoms with van der Waals surface area (Å²) in [6.07, 6.45) is 6.71. The SMILES string of the molecule is c1ccc(Nc2cnc(Nc3ccccn3)cn2)nc1. The van der Waals surface area contributed by atoms with Crippen LogP contribution in [0.4, 0.5) is 23.3 Å². The molecule has 0 unspecified atom stereocenters. The molecule has 3 heterocycles. The minimum Gasteiger partial charge on any atom is -0.324 e. The summed E-state index contributed by atoms with van der Waals surface area (Å²) >= 11 is 0. The number of hydrogen-bond acceptors (Lipinski definition) is 6. The third-order valence-electron chi connectivity index (χ3n) is 2.49. The van der Waals surface area contributed by atoms with Crippen molar-refractivity contribution in [2.24, 2.45) is 0 Å². The lowest BCUT2D eigenvalue weighted by Crippen LogP contribution is -1.99. The third-order valence-corrected chi connectivity index (χ3v) is 2.49. The second-order valence-corrected chi connectivity index (χ2v) is 3.97. The Kier molecular flexibility index (Phi) is 3.46. The van der Waals surface area contributed by atoms with Crippen LogP contribution in [0.5, 0.6) is 0 Å². The number of rotatable bonds is 4. The average molecular weight is 264 g/mol. The van der Waals surface area contributed by atoms with Gasteiger partial charge in [-0.2, -0.15) is 0 Å². The first-order valence-electron chi connectivity index (χ1n) is 6.08. The fourth-order valence-electron chi connectivity index (χ4n) is 1.59. The maximum atomic E-state index is 4.27. The Morgan fingerprint density at radius 3 is 1.40 bits per heavy atom. The van der Waals surface area contributed by atoms with E-state index in [0.29, 0.717) is 11.6 Å². The molecule has 0 radical (unpaired) electrons. The van der Waals surface area contributed by atoms with Crippen molar-refractivity contribution in [2.45, 2.75) is 0 Å². The van der Waals surface area contributed by atoms with Crippen LogP contribution in [0.25, 0.3) is 0 Å². The molecule has 98 valence electrons. The second-order valence-electron chi connectivity index (χ2n) is 3.97. The van der Waals surface area contributed by atoms with Crippen LogP contribution in [-0.2, 0) is 0 Å². The average Bonchev–Trinajstić information content (AvgIpc) is 2.51. The smallest absolute Gasteiger partial charge is 0.150 e. The molecule has 6 nitrogen and oxygen atoms in total. The van der Waals surface area contributed by atoms with E-state index in [1.165, 1.54) is 0 Å². The molecule has 0 spiro atoms. The maximum Gasteiger partial charge on any atom is 0.150 e. The van der Waals surface area contributed by atoms with Crippen molar-refractivity contribution in [3.63, 3.8) is 0 Å². The van der Waals surface area contributed by atoms with Gasteiger partial charge in [0.15, 0.2) is 0 Å². The highest BCUT2D eigenvalue weighted by Crippen LogP contribution is 2.13. The van der Waals surface area contributed by atoms with Crippen LogP contribution in [0.1, 0.15) is 0 Å². The summed E-state index contributed by atoms with van der Waals surface area (Å²) in [5.41, 5.74) is 0. The van der Waals surface area contributed by atoms with Crippen LogP contribution in [0.15, 0.2) is 61.2 Å². The molecule has 6 heteroatoms. The van der Waals surface area contributed by atoms with Gasteiger partial charge in [-0.15, -0.1) is 0 Å². The molecule has 0 saturated heterocycles. The molecule has 3 rings (SSSR count). The first-order valence-corrected chi connectivity index (χ1v) is 6.08. The van der Waals surface area contributed by atoms with Crippen molar-refractivity contribution in [1.82, 2.24) is 19.9 Å². The minimum atomic E-state index is 0.635. The molecule has 0 bridgehead atoms. The van der Waals surface area contributed by atoms with E-state index in [2.05, 4.69) is 30.6 Å². The van der Waals surface area contributed by atoms with Gasteiger partial charge in [-0.05, 0) is 24.3 Å². The molecule has 0 saturated carbocycles.